The summed E-state index contributed by atoms with van der Waals surface area (Å²) in [6.45, 7) is 10.1. The van der Waals surface area contributed by atoms with Crippen LogP contribution < -0.4 is 5.73 Å². The summed E-state index contributed by atoms with van der Waals surface area (Å²) in [5.41, 5.74) is -0.610. The summed E-state index contributed by atoms with van der Waals surface area (Å²) in [6.07, 6.45) is -3.19. The third kappa shape index (κ3) is 6.55. The van der Waals surface area contributed by atoms with E-state index in [4.69, 9.17) is 20.2 Å². The average molecular weight is 436 g/mol. The zero-order valence-corrected chi connectivity index (χ0v) is 18.3. The van der Waals surface area contributed by atoms with Crippen molar-refractivity contribution in [1.82, 2.24) is 4.98 Å². The standard InChI is InChI=1S/C20H31F3N2O5/c1-12(16(26)29-17(2,3)4)14(11-28-30-18(5,6)7)19(27,20(21,22)23)13-10-25-9-8-15(13)24/h8-10,12,14,27H,11H2,1-7H3,(H2,24,25). The molecule has 1 aromatic rings. The van der Waals surface area contributed by atoms with Crippen molar-refractivity contribution in [2.75, 3.05) is 12.3 Å². The molecule has 30 heavy (non-hydrogen) atoms. The molecule has 7 nitrogen and oxygen atoms in total. The number of nitrogens with zero attached hydrogens (tertiary/aromatic N) is 1. The van der Waals surface area contributed by atoms with Gasteiger partial charge in [-0.2, -0.15) is 13.2 Å². The van der Waals surface area contributed by atoms with E-state index in [0.29, 0.717) is 0 Å². The molecule has 0 radical (unpaired) electrons. The molecule has 0 amide bonds. The Hall–Kier alpha value is -1.91. The fourth-order valence-corrected chi connectivity index (χ4v) is 2.76. The molecule has 0 saturated heterocycles. The number of nitrogen functional groups attached to an aromatic ring is 1. The van der Waals surface area contributed by atoms with Crippen molar-refractivity contribution >= 4 is 11.7 Å². The number of rotatable bonds is 7. The Morgan fingerprint density at radius 3 is 2.17 bits per heavy atom. The molecular weight excluding hydrogens is 405 g/mol. The summed E-state index contributed by atoms with van der Waals surface area (Å²) in [7, 11) is 0. The van der Waals surface area contributed by atoms with Gasteiger partial charge < -0.3 is 15.6 Å². The van der Waals surface area contributed by atoms with Gasteiger partial charge in [-0.25, -0.2) is 9.78 Å². The van der Waals surface area contributed by atoms with Crippen LogP contribution in [-0.2, 0) is 24.9 Å². The summed E-state index contributed by atoms with van der Waals surface area (Å²) in [6, 6.07) is 1.13. The van der Waals surface area contributed by atoms with Crippen LogP contribution in [0.15, 0.2) is 18.5 Å². The number of halogens is 3. The van der Waals surface area contributed by atoms with Crippen LogP contribution >= 0.6 is 0 Å². The number of alkyl halides is 3. The van der Waals surface area contributed by atoms with Crippen molar-refractivity contribution < 1.29 is 37.6 Å². The van der Waals surface area contributed by atoms with Crippen molar-refractivity contribution in [1.29, 1.82) is 0 Å². The van der Waals surface area contributed by atoms with Crippen molar-refractivity contribution in [2.24, 2.45) is 11.8 Å². The van der Waals surface area contributed by atoms with Gasteiger partial charge in [0.1, 0.15) is 5.60 Å². The molecule has 0 aliphatic rings. The molecule has 1 heterocycles. The first-order chi connectivity index (χ1) is 13.4. The number of pyridine rings is 1. The van der Waals surface area contributed by atoms with E-state index in [-0.39, 0.29) is 5.69 Å². The first-order valence-electron chi connectivity index (χ1n) is 9.42. The van der Waals surface area contributed by atoms with E-state index in [9.17, 15) is 23.1 Å². The minimum Gasteiger partial charge on any atom is -0.460 e. The predicted molar refractivity (Wildman–Crippen MR) is 104 cm³/mol. The Balaban J connectivity index is 3.50. The predicted octanol–water partition coefficient (Wildman–Crippen LogP) is 3.75. The number of carbonyl (C=O) groups excluding carboxylic acids is 1. The molecule has 0 spiro atoms. The van der Waals surface area contributed by atoms with E-state index in [1.54, 1.807) is 41.5 Å². The van der Waals surface area contributed by atoms with E-state index < -0.39 is 53.0 Å². The highest BCUT2D eigenvalue weighted by Gasteiger charge is 2.63. The number of ether oxygens (including phenoxy) is 1. The van der Waals surface area contributed by atoms with Crippen LogP contribution in [0, 0.1) is 11.8 Å². The molecule has 10 heteroatoms. The Bertz CT molecular complexity index is 728. The summed E-state index contributed by atoms with van der Waals surface area (Å²) in [5.74, 6) is -4.21. The van der Waals surface area contributed by atoms with Gasteiger partial charge >= 0.3 is 12.1 Å². The average Bonchev–Trinajstić information content (AvgIpc) is 2.54. The fraction of sp³-hybridized carbons (Fsp3) is 0.700. The number of esters is 1. The lowest BCUT2D eigenvalue weighted by molar-refractivity contribution is -0.373. The van der Waals surface area contributed by atoms with Crippen molar-refractivity contribution in [2.45, 2.75) is 71.4 Å². The van der Waals surface area contributed by atoms with Crippen LogP contribution in [0.5, 0.6) is 0 Å². The Morgan fingerprint density at radius 1 is 1.17 bits per heavy atom. The van der Waals surface area contributed by atoms with Gasteiger partial charge in [0.15, 0.2) is 5.60 Å². The highest BCUT2D eigenvalue weighted by atomic mass is 19.4. The summed E-state index contributed by atoms with van der Waals surface area (Å²) in [5, 5.41) is 11.0. The number of aliphatic hydroxyl groups is 1. The Kier molecular flexibility index (Phi) is 7.90. The molecule has 0 saturated carbocycles. The van der Waals surface area contributed by atoms with Gasteiger partial charge in [-0.3, -0.25) is 9.78 Å². The number of anilines is 1. The van der Waals surface area contributed by atoms with Crippen molar-refractivity contribution in [3.63, 3.8) is 0 Å². The molecule has 0 fully saturated rings. The van der Waals surface area contributed by atoms with Crippen LogP contribution in [-0.4, -0.2) is 40.0 Å². The molecule has 3 unspecified atom stereocenters. The van der Waals surface area contributed by atoms with Gasteiger partial charge in [-0.1, -0.05) is 6.92 Å². The van der Waals surface area contributed by atoms with Gasteiger partial charge in [-0.15, -0.1) is 0 Å². The number of hydrogen-bond acceptors (Lipinski definition) is 7. The zero-order valence-electron chi connectivity index (χ0n) is 18.3. The SMILES string of the molecule is CC(C(=O)OC(C)(C)C)C(COOC(C)(C)C)C(O)(c1cnccc1N)C(F)(F)F. The quantitative estimate of drug-likeness (QED) is 0.381. The van der Waals surface area contributed by atoms with E-state index in [1.165, 1.54) is 13.1 Å². The van der Waals surface area contributed by atoms with E-state index in [1.807, 2.05) is 0 Å². The normalized spacial score (nSPS) is 17.2. The topological polar surface area (TPSA) is 104 Å². The maximum absolute atomic E-state index is 14.3. The van der Waals surface area contributed by atoms with Crippen molar-refractivity contribution in [3.8, 4) is 0 Å². The first kappa shape index (κ1) is 26.1. The summed E-state index contributed by atoms with van der Waals surface area (Å²) >= 11 is 0. The summed E-state index contributed by atoms with van der Waals surface area (Å²) in [4.78, 5) is 26.4. The highest BCUT2D eigenvalue weighted by molar-refractivity contribution is 5.73. The second-order valence-electron chi connectivity index (χ2n) is 9.14. The number of carbonyl (C=O) groups is 1. The van der Waals surface area contributed by atoms with Crippen LogP contribution in [0.2, 0.25) is 0 Å². The molecule has 172 valence electrons. The van der Waals surface area contributed by atoms with Crippen LogP contribution in [0.3, 0.4) is 0 Å². The van der Waals surface area contributed by atoms with E-state index >= 15 is 0 Å². The highest BCUT2D eigenvalue weighted by Crippen LogP contribution is 2.49. The molecular formula is C20H31F3N2O5. The lowest BCUT2D eigenvalue weighted by atomic mass is 9.74. The maximum Gasteiger partial charge on any atom is 0.421 e. The van der Waals surface area contributed by atoms with Crippen LogP contribution in [0.4, 0.5) is 18.9 Å². The number of hydrogen-bond donors (Lipinski definition) is 2. The lowest BCUT2D eigenvalue weighted by Gasteiger charge is -2.40. The molecule has 0 aromatic carbocycles. The van der Waals surface area contributed by atoms with Crippen LogP contribution in [0.1, 0.15) is 54.0 Å². The summed E-state index contributed by atoms with van der Waals surface area (Å²) < 4.78 is 48.0. The monoisotopic (exact) mass is 436 g/mol. The second-order valence-corrected chi connectivity index (χ2v) is 9.14. The fourth-order valence-electron chi connectivity index (χ4n) is 2.76. The zero-order chi connectivity index (χ0) is 23.5. The smallest absolute Gasteiger partial charge is 0.421 e. The lowest BCUT2D eigenvalue weighted by Crippen LogP contribution is -2.54. The second kappa shape index (κ2) is 9.07. The molecule has 0 aliphatic heterocycles. The maximum atomic E-state index is 14.3. The molecule has 3 atom stereocenters. The third-order valence-electron chi connectivity index (χ3n) is 4.17. The molecule has 1 rings (SSSR count). The van der Waals surface area contributed by atoms with Crippen molar-refractivity contribution in [3.05, 3.63) is 24.0 Å². The van der Waals surface area contributed by atoms with Gasteiger partial charge in [0.25, 0.3) is 0 Å². The molecule has 1 aromatic heterocycles. The minimum absolute atomic E-state index is 0.331. The number of nitrogens with two attached hydrogens (primary N) is 1. The van der Waals surface area contributed by atoms with Gasteiger partial charge in [0.2, 0.25) is 0 Å². The third-order valence-corrected chi connectivity index (χ3v) is 4.17. The minimum atomic E-state index is -5.21. The Labute approximate surface area is 174 Å². The molecule has 0 aliphatic carbocycles. The Morgan fingerprint density at radius 2 is 1.73 bits per heavy atom. The van der Waals surface area contributed by atoms with Gasteiger partial charge in [-0.05, 0) is 47.6 Å². The number of aromatic nitrogens is 1. The molecule has 0 bridgehead atoms. The molecule has 3 N–H and O–H groups in total. The van der Waals surface area contributed by atoms with Gasteiger partial charge in [0, 0.05) is 29.6 Å². The van der Waals surface area contributed by atoms with Gasteiger partial charge in [0.05, 0.1) is 18.1 Å². The first-order valence-corrected chi connectivity index (χ1v) is 9.42. The van der Waals surface area contributed by atoms with E-state index in [2.05, 4.69) is 4.98 Å². The van der Waals surface area contributed by atoms with Crippen LogP contribution in [0.25, 0.3) is 0 Å². The van der Waals surface area contributed by atoms with E-state index in [0.717, 1.165) is 12.3 Å². The largest absolute Gasteiger partial charge is 0.460 e.